The Morgan fingerprint density at radius 2 is 2.17 bits per heavy atom. The van der Waals surface area contributed by atoms with Gasteiger partial charge in [-0.1, -0.05) is 11.6 Å². The molecule has 0 unspecified atom stereocenters. The number of hydrogen-bond donors (Lipinski definition) is 1. The van der Waals surface area contributed by atoms with E-state index in [9.17, 15) is 9.18 Å². The predicted octanol–water partition coefficient (Wildman–Crippen LogP) is 3.92. The molecule has 0 bridgehead atoms. The fourth-order valence-electron chi connectivity index (χ4n) is 3.95. The number of nitrogens with one attached hydrogen (secondary N) is 1. The fraction of sp³-hybridized carbons (Fsp3) is 0.476. The zero-order valence-electron chi connectivity index (χ0n) is 16.4. The van der Waals surface area contributed by atoms with Gasteiger partial charge >= 0.3 is 6.03 Å². The Labute approximate surface area is 175 Å². The molecule has 1 saturated heterocycles. The fourth-order valence-corrected chi connectivity index (χ4v) is 4.10. The minimum atomic E-state index is -0.398. The minimum absolute atomic E-state index is 0.107. The van der Waals surface area contributed by atoms with Crippen LogP contribution in [0.25, 0.3) is 0 Å². The second kappa shape index (κ2) is 8.53. The van der Waals surface area contributed by atoms with Crippen LogP contribution in [0, 0.1) is 12.7 Å². The van der Waals surface area contributed by atoms with Crippen molar-refractivity contribution >= 4 is 23.4 Å². The first-order valence-corrected chi connectivity index (χ1v) is 10.4. The highest BCUT2D eigenvalue weighted by Gasteiger charge is 2.39. The lowest BCUT2D eigenvalue weighted by atomic mass is 10.0. The number of hydrogen-bond acceptors (Lipinski definition) is 4. The van der Waals surface area contributed by atoms with Crippen LogP contribution in [0.1, 0.15) is 36.8 Å². The van der Waals surface area contributed by atoms with Crippen molar-refractivity contribution in [2.75, 3.05) is 18.0 Å². The molecule has 0 radical (unpaired) electrons. The number of piperidine rings is 1. The number of halogens is 2. The molecule has 2 aromatic rings. The van der Waals surface area contributed by atoms with Crippen molar-refractivity contribution in [2.24, 2.45) is 0 Å². The number of carbonyl (C=O) groups excluding carboxylic acids is 1. The minimum Gasteiger partial charge on any atom is -0.353 e. The number of carbonyl (C=O) groups is 1. The average Bonchev–Trinajstić information content (AvgIpc) is 3.56. The largest absolute Gasteiger partial charge is 0.353 e. The SMILES string of the molecule is Cc1cc(CNC(=O)N(C2CC2)[C@@H]2CCCN(c3cccnn3)C2)c(F)cc1Cl. The molecule has 1 aromatic carbocycles. The van der Waals surface area contributed by atoms with Gasteiger partial charge in [-0.05, 0) is 62.4 Å². The third kappa shape index (κ3) is 4.61. The Balaban J connectivity index is 1.43. The summed E-state index contributed by atoms with van der Waals surface area (Å²) in [5.74, 6) is 0.442. The van der Waals surface area contributed by atoms with E-state index >= 15 is 0 Å². The first kappa shape index (κ1) is 19.9. The van der Waals surface area contributed by atoms with E-state index in [1.807, 2.05) is 24.0 Å². The standard InChI is InChI=1S/C21H25ClFN5O/c1-14-10-15(19(23)11-18(14)22)12-24-21(29)28(16-6-7-16)17-4-3-9-27(13-17)20-5-2-8-25-26-20/h2,5,8,10-11,16-17H,3-4,6-7,9,12-13H2,1H3,(H,24,29)/t17-/m1/s1. The molecule has 2 heterocycles. The van der Waals surface area contributed by atoms with Gasteiger partial charge in [0.1, 0.15) is 5.82 Å². The zero-order chi connectivity index (χ0) is 20.4. The van der Waals surface area contributed by atoms with E-state index in [0.717, 1.165) is 50.2 Å². The van der Waals surface area contributed by atoms with E-state index in [4.69, 9.17) is 11.6 Å². The van der Waals surface area contributed by atoms with Crippen LogP contribution in [0.5, 0.6) is 0 Å². The number of amides is 2. The monoisotopic (exact) mass is 417 g/mol. The topological polar surface area (TPSA) is 61.4 Å². The second-order valence-corrected chi connectivity index (χ2v) is 8.22. The Morgan fingerprint density at radius 3 is 2.90 bits per heavy atom. The summed E-state index contributed by atoms with van der Waals surface area (Å²) in [6.07, 6.45) is 5.64. The molecular formula is C21H25ClFN5O. The summed E-state index contributed by atoms with van der Waals surface area (Å²) in [6, 6.07) is 7.05. The van der Waals surface area contributed by atoms with Crippen LogP contribution >= 0.6 is 11.6 Å². The van der Waals surface area contributed by atoms with E-state index in [0.29, 0.717) is 10.6 Å². The molecule has 1 saturated carbocycles. The predicted molar refractivity (Wildman–Crippen MR) is 111 cm³/mol. The Kier molecular flexibility index (Phi) is 5.85. The van der Waals surface area contributed by atoms with Crippen molar-refractivity contribution in [3.05, 3.63) is 52.4 Å². The number of aryl methyl sites for hydroxylation is 1. The summed E-state index contributed by atoms with van der Waals surface area (Å²) >= 11 is 5.96. The van der Waals surface area contributed by atoms with Crippen molar-refractivity contribution in [3.63, 3.8) is 0 Å². The number of benzene rings is 1. The van der Waals surface area contributed by atoms with Crippen molar-refractivity contribution in [1.29, 1.82) is 0 Å². The molecule has 29 heavy (non-hydrogen) atoms. The molecule has 4 rings (SSSR count). The molecule has 6 nitrogen and oxygen atoms in total. The summed E-state index contributed by atoms with van der Waals surface area (Å²) in [7, 11) is 0. The number of anilines is 1. The smallest absolute Gasteiger partial charge is 0.318 e. The number of aromatic nitrogens is 2. The Bertz CT molecular complexity index is 877. The quantitative estimate of drug-likeness (QED) is 0.800. The van der Waals surface area contributed by atoms with Crippen molar-refractivity contribution in [3.8, 4) is 0 Å². The summed E-state index contributed by atoms with van der Waals surface area (Å²) in [5, 5.41) is 11.5. The first-order chi connectivity index (χ1) is 14.0. The van der Waals surface area contributed by atoms with Gasteiger partial charge in [0.25, 0.3) is 0 Å². The van der Waals surface area contributed by atoms with Gasteiger partial charge in [0.05, 0.1) is 6.04 Å². The summed E-state index contributed by atoms with van der Waals surface area (Å²) < 4.78 is 14.2. The van der Waals surface area contributed by atoms with Gasteiger partial charge in [-0.3, -0.25) is 0 Å². The molecule has 0 spiro atoms. The maximum Gasteiger partial charge on any atom is 0.318 e. The second-order valence-electron chi connectivity index (χ2n) is 7.81. The van der Waals surface area contributed by atoms with Gasteiger partial charge in [-0.2, -0.15) is 5.10 Å². The highest BCUT2D eigenvalue weighted by molar-refractivity contribution is 6.31. The van der Waals surface area contributed by atoms with Gasteiger partial charge in [0.15, 0.2) is 5.82 Å². The molecule has 8 heteroatoms. The maximum absolute atomic E-state index is 14.2. The zero-order valence-corrected chi connectivity index (χ0v) is 17.2. The van der Waals surface area contributed by atoms with Gasteiger partial charge in [0.2, 0.25) is 0 Å². The van der Waals surface area contributed by atoms with Gasteiger partial charge in [0, 0.05) is 42.5 Å². The molecule has 1 N–H and O–H groups in total. The number of rotatable bonds is 5. The van der Waals surface area contributed by atoms with Crippen LogP contribution in [-0.4, -0.2) is 46.3 Å². The third-order valence-corrected chi connectivity index (χ3v) is 6.01. The van der Waals surface area contributed by atoms with Gasteiger partial charge < -0.3 is 15.1 Å². The summed E-state index contributed by atoms with van der Waals surface area (Å²) in [4.78, 5) is 17.2. The molecule has 2 fully saturated rings. The van der Waals surface area contributed by atoms with Crippen LogP contribution < -0.4 is 10.2 Å². The van der Waals surface area contributed by atoms with E-state index in [2.05, 4.69) is 20.4 Å². The molecule has 1 atom stereocenters. The van der Waals surface area contributed by atoms with E-state index < -0.39 is 5.82 Å². The number of urea groups is 1. The van der Waals surface area contributed by atoms with Crippen LogP contribution in [0.3, 0.4) is 0 Å². The Hall–Kier alpha value is -2.41. The third-order valence-electron chi connectivity index (χ3n) is 5.60. The molecule has 2 amide bonds. The molecule has 1 aliphatic carbocycles. The van der Waals surface area contributed by atoms with E-state index in [1.54, 1.807) is 12.3 Å². The van der Waals surface area contributed by atoms with Crippen LogP contribution in [0.2, 0.25) is 5.02 Å². The van der Waals surface area contributed by atoms with Crippen LogP contribution in [-0.2, 0) is 6.54 Å². The first-order valence-electron chi connectivity index (χ1n) is 10.1. The van der Waals surface area contributed by atoms with Crippen molar-refractivity contribution < 1.29 is 9.18 Å². The molecule has 154 valence electrons. The average molecular weight is 418 g/mol. The Morgan fingerprint density at radius 1 is 1.34 bits per heavy atom. The highest BCUT2D eigenvalue weighted by Crippen LogP contribution is 2.32. The molecule has 1 aromatic heterocycles. The normalized spacial score (nSPS) is 19.1. The number of nitrogens with zero attached hydrogens (tertiary/aromatic N) is 4. The molecule has 2 aliphatic rings. The van der Waals surface area contributed by atoms with Crippen molar-refractivity contribution in [2.45, 2.75) is 51.2 Å². The van der Waals surface area contributed by atoms with E-state index in [-0.39, 0.29) is 24.7 Å². The van der Waals surface area contributed by atoms with Crippen molar-refractivity contribution in [1.82, 2.24) is 20.4 Å². The van der Waals surface area contributed by atoms with Gasteiger partial charge in [-0.25, -0.2) is 9.18 Å². The lowest BCUT2D eigenvalue weighted by molar-refractivity contribution is 0.160. The molecule has 1 aliphatic heterocycles. The molecular weight excluding hydrogens is 393 g/mol. The van der Waals surface area contributed by atoms with E-state index in [1.165, 1.54) is 6.07 Å². The van der Waals surface area contributed by atoms with Crippen LogP contribution in [0.4, 0.5) is 15.0 Å². The lowest BCUT2D eigenvalue weighted by Gasteiger charge is -2.40. The summed E-state index contributed by atoms with van der Waals surface area (Å²) in [5.41, 5.74) is 1.24. The highest BCUT2D eigenvalue weighted by atomic mass is 35.5. The lowest BCUT2D eigenvalue weighted by Crippen LogP contribution is -2.54. The van der Waals surface area contributed by atoms with Gasteiger partial charge in [-0.15, -0.1) is 5.10 Å². The maximum atomic E-state index is 14.2. The summed E-state index contributed by atoms with van der Waals surface area (Å²) in [6.45, 7) is 3.61. The van der Waals surface area contributed by atoms with Crippen LogP contribution in [0.15, 0.2) is 30.5 Å².